The summed E-state index contributed by atoms with van der Waals surface area (Å²) in [5.41, 5.74) is 1.14. The maximum atomic E-state index is 12.1. The number of carboxylic acids is 1. The number of carboxylic acid groups (broad SMARTS) is 1. The van der Waals surface area contributed by atoms with Crippen LogP contribution in [0.1, 0.15) is 5.56 Å². The molecule has 0 aliphatic carbocycles. The summed E-state index contributed by atoms with van der Waals surface area (Å²) in [5.74, 6) is -1.10. The maximum Gasteiger partial charge on any atom is 0.325 e. The molecule has 0 atom stereocenters. The minimum atomic E-state index is -3.81. The largest absolute Gasteiger partial charge is 0.480 e. The molecule has 2 heterocycles. The topological polar surface area (TPSA) is 114 Å². The third-order valence-corrected chi connectivity index (χ3v) is 3.68. The maximum absolute atomic E-state index is 12.1. The first-order chi connectivity index (χ1) is 9.37. The summed E-state index contributed by atoms with van der Waals surface area (Å²) in [7, 11) is -3.81. The van der Waals surface area contributed by atoms with Crippen LogP contribution in [0.15, 0.2) is 35.7 Å². The van der Waals surface area contributed by atoms with Gasteiger partial charge in [0.05, 0.1) is 18.1 Å². The fourth-order valence-electron chi connectivity index (χ4n) is 1.53. The first kappa shape index (κ1) is 14.0. The van der Waals surface area contributed by atoms with Crippen molar-refractivity contribution in [2.45, 2.75) is 18.4 Å². The van der Waals surface area contributed by atoms with Crippen LogP contribution >= 0.6 is 0 Å². The smallest absolute Gasteiger partial charge is 0.325 e. The zero-order valence-corrected chi connectivity index (χ0v) is 11.3. The molecule has 0 amide bonds. The number of sulfonamides is 1. The van der Waals surface area contributed by atoms with Gasteiger partial charge in [0, 0.05) is 12.4 Å². The summed E-state index contributed by atoms with van der Waals surface area (Å²) >= 11 is 0. The summed E-state index contributed by atoms with van der Waals surface area (Å²) in [6.45, 7) is 1.39. The molecule has 0 radical (unpaired) electrons. The summed E-state index contributed by atoms with van der Waals surface area (Å²) in [6, 6.07) is 1.63. The highest BCUT2D eigenvalue weighted by Gasteiger charge is 2.17. The van der Waals surface area contributed by atoms with Gasteiger partial charge in [-0.25, -0.2) is 8.42 Å². The van der Waals surface area contributed by atoms with E-state index in [4.69, 9.17) is 5.11 Å². The van der Waals surface area contributed by atoms with Crippen LogP contribution in [0.3, 0.4) is 0 Å². The van der Waals surface area contributed by atoms with Crippen LogP contribution in [-0.4, -0.2) is 34.3 Å². The Morgan fingerprint density at radius 2 is 2.15 bits per heavy atom. The SMILES string of the molecule is Cc1cncc(NS(=O)(=O)c2cnn(CC(=O)O)c2)c1. The average Bonchev–Trinajstić information content (AvgIpc) is 2.76. The lowest BCUT2D eigenvalue weighted by atomic mass is 10.3. The van der Waals surface area contributed by atoms with Crippen LogP contribution in [0.5, 0.6) is 0 Å². The lowest BCUT2D eigenvalue weighted by Gasteiger charge is -2.05. The predicted molar refractivity (Wildman–Crippen MR) is 69.6 cm³/mol. The van der Waals surface area contributed by atoms with Gasteiger partial charge in [-0.2, -0.15) is 5.10 Å². The number of aryl methyl sites for hydroxylation is 1. The molecule has 0 fully saturated rings. The number of pyridine rings is 1. The summed E-state index contributed by atoms with van der Waals surface area (Å²) in [6.07, 6.45) is 5.23. The van der Waals surface area contributed by atoms with Crippen molar-refractivity contribution in [3.8, 4) is 0 Å². The minimum absolute atomic E-state index is 0.111. The van der Waals surface area contributed by atoms with Crippen molar-refractivity contribution in [2.24, 2.45) is 0 Å². The van der Waals surface area contributed by atoms with E-state index in [-0.39, 0.29) is 4.90 Å². The van der Waals surface area contributed by atoms with Crippen LogP contribution in [0.4, 0.5) is 5.69 Å². The van der Waals surface area contributed by atoms with Crippen molar-refractivity contribution in [3.05, 3.63) is 36.4 Å². The highest BCUT2D eigenvalue weighted by Crippen LogP contribution is 2.15. The van der Waals surface area contributed by atoms with Gasteiger partial charge in [0.2, 0.25) is 0 Å². The Bertz CT molecular complexity index is 738. The normalized spacial score (nSPS) is 11.2. The Hall–Kier alpha value is -2.42. The monoisotopic (exact) mass is 296 g/mol. The van der Waals surface area contributed by atoms with Crippen molar-refractivity contribution in [1.29, 1.82) is 0 Å². The molecular weight excluding hydrogens is 284 g/mol. The van der Waals surface area contributed by atoms with Gasteiger partial charge >= 0.3 is 5.97 Å². The van der Waals surface area contributed by atoms with E-state index < -0.39 is 22.5 Å². The van der Waals surface area contributed by atoms with Gasteiger partial charge in [-0.3, -0.25) is 19.2 Å². The molecule has 2 N–H and O–H groups in total. The third-order valence-electron chi connectivity index (χ3n) is 2.34. The summed E-state index contributed by atoms with van der Waals surface area (Å²) in [5, 5.41) is 12.3. The van der Waals surface area contributed by atoms with Gasteiger partial charge in [-0.05, 0) is 18.6 Å². The fourth-order valence-corrected chi connectivity index (χ4v) is 2.52. The Labute approximate surface area is 115 Å². The minimum Gasteiger partial charge on any atom is -0.480 e. The number of nitrogens with zero attached hydrogens (tertiary/aromatic N) is 3. The third kappa shape index (κ3) is 3.32. The second-order valence-corrected chi connectivity index (χ2v) is 5.81. The van der Waals surface area contributed by atoms with Gasteiger partial charge < -0.3 is 5.11 Å². The molecule has 0 spiro atoms. The highest BCUT2D eigenvalue weighted by atomic mass is 32.2. The van der Waals surface area contributed by atoms with E-state index in [0.717, 1.165) is 22.6 Å². The first-order valence-corrected chi connectivity index (χ1v) is 7.04. The molecule has 2 aromatic heterocycles. The lowest BCUT2D eigenvalue weighted by Crippen LogP contribution is -2.13. The Kier molecular flexibility index (Phi) is 3.70. The molecule has 0 saturated carbocycles. The standard InChI is InChI=1S/C11H12N4O4S/c1-8-2-9(4-12-3-8)14-20(18,19)10-5-13-15(6-10)7-11(16)17/h2-6,14H,7H2,1H3,(H,16,17). The zero-order chi connectivity index (χ0) is 14.8. The molecule has 8 nitrogen and oxygen atoms in total. The van der Waals surface area contributed by atoms with E-state index in [1.54, 1.807) is 19.2 Å². The second-order valence-electron chi connectivity index (χ2n) is 4.12. The van der Waals surface area contributed by atoms with Crippen molar-refractivity contribution in [1.82, 2.24) is 14.8 Å². The number of aliphatic carboxylic acids is 1. The number of hydrogen-bond donors (Lipinski definition) is 2. The highest BCUT2D eigenvalue weighted by molar-refractivity contribution is 7.92. The number of rotatable bonds is 5. The van der Waals surface area contributed by atoms with Crippen molar-refractivity contribution in [3.63, 3.8) is 0 Å². The van der Waals surface area contributed by atoms with Gasteiger partial charge in [0.25, 0.3) is 10.0 Å². The van der Waals surface area contributed by atoms with Crippen LogP contribution in [0.25, 0.3) is 0 Å². The molecule has 2 rings (SSSR count). The molecule has 20 heavy (non-hydrogen) atoms. The van der Waals surface area contributed by atoms with E-state index in [1.807, 2.05) is 0 Å². The summed E-state index contributed by atoms with van der Waals surface area (Å²) in [4.78, 5) is 14.3. The fraction of sp³-hybridized carbons (Fsp3) is 0.182. The average molecular weight is 296 g/mol. The van der Waals surface area contributed by atoms with Gasteiger partial charge in [-0.15, -0.1) is 0 Å². The van der Waals surface area contributed by atoms with Crippen LogP contribution in [0.2, 0.25) is 0 Å². The molecular formula is C11H12N4O4S. The van der Waals surface area contributed by atoms with Crippen molar-refractivity contribution >= 4 is 21.7 Å². The summed E-state index contributed by atoms with van der Waals surface area (Å²) < 4.78 is 27.5. The predicted octanol–water partition coefficient (Wildman–Crippen LogP) is 0.472. The second kappa shape index (κ2) is 5.29. The number of hydrogen-bond acceptors (Lipinski definition) is 5. The van der Waals surface area contributed by atoms with Crippen LogP contribution < -0.4 is 4.72 Å². The van der Waals surface area contributed by atoms with E-state index in [0.29, 0.717) is 5.69 Å². The number of anilines is 1. The van der Waals surface area contributed by atoms with Gasteiger partial charge in [-0.1, -0.05) is 0 Å². The van der Waals surface area contributed by atoms with Crippen LogP contribution in [-0.2, 0) is 21.4 Å². The lowest BCUT2D eigenvalue weighted by molar-refractivity contribution is -0.137. The molecule has 0 aliphatic rings. The number of carbonyl (C=O) groups is 1. The molecule has 106 valence electrons. The Balaban J connectivity index is 2.22. The number of aromatic nitrogens is 3. The van der Waals surface area contributed by atoms with Crippen LogP contribution in [0, 0.1) is 6.92 Å². The van der Waals surface area contributed by atoms with Crippen molar-refractivity contribution < 1.29 is 18.3 Å². The molecule has 0 aliphatic heterocycles. The molecule has 0 saturated heterocycles. The molecule has 0 bridgehead atoms. The van der Waals surface area contributed by atoms with E-state index >= 15 is 0 Å². The Morgan fingerprint density at radius 1 is 1.40 bits per heavy atom. The van der Waals surface area contributed by atoms with E-state index in [2.05, 4.69) is 14.8 Å². The quantitative estimate of drug-likeness (QED) is 0.829. The molecule has 9 heteroatoms. The Morgan fingerprint density at radius 3 is 2.80 bits per heavy atom. The first-order valence-electron chi connectivity index (χ1n) is 5.55. The molecule has 2 aromatic rings. The van der Waals surface area contributed by atoms with Crippen molar-refractivity contribution in [2.75, 3.05) is 4.72 Å². The molecule has 0 unspecified atom stereocenters. The van der Waals surface area contributed by atoms with E-state index in [9.17, 15) is 13.2 Å². The zero-order valence-electron chi connectivity index (χ0n) is 10.5. The van der Waals surface area contributed by atoms with E-state index in [1.165, 1.54) is 6.20 Å². The van der Waals surface area contributed by atoms with Gasteiger partial charge in [0.1, 0.15) is 11.4 Å². The molecule has 0 aromatic carbocycles. The number of nitrogens with one attached hydrogen (secondary N) is 1. The van der Waals surface area contributed by atoms with Gasteiger partial charge in [0.15, 0.2) is 0 Å².